The normalized spacial score (nSPS) is 34.2. The molecule has 0 aromatic heterocycles. The molecule has 3 nitrogen and oxygen atoms in total. The number of carbonyl (C=O) groups is 1. The van der Waals surface area contributed by atoms with Gasteiger partial charge in [0.2, 0.25) is 0 Å². The molecule has 2 heterocycles. The Labute approximate surface area is 140 Å². The summed E-state index contributed by atoms with van der Waals surface area (Å²) in [6.45, 7) is 0. The van der Waals surface area contributed by atoms with E-state index in [9.17, 15) is 4.79 Å². The Bertz CT molecular complexity index is 541. The lowest BCUT2D eigenvalue weighted by Crippen LogP contribution is -3.22. The summed E-state index contributed by atoms with van der Waals surface area (Å²) in [5.74, 6) is 0.0884. The molecule has 0 radical (unpaired) electrons. The van der Waals surface area contributed by atoms with Gasteiger partial charge in [0.05, 0.1) is 18.1 Å². The number of rotatable bonds is 3. The molecule has 0 spiro atoms. The lowest BCUT2D eigenvalue weighted by Gasteiger charge is -2.46. The molecular weight excluding hydrogens is 340 g/mol. The third-order valence-corrected chi connectivity index (χ3v) is 6.21. The highest BCUT2D eigenvalue weighted by atomic mass is 79.9. The first-order valence-electron chi connectivity index (χ1n) is 8.64. The van der Waals surface area contributed by atoms with Crippen LogP contribution in [0.25, 0.3) is 0 Å². The zero-order valence-electron chi connectivity index (χ0n) is 12.9. The predicted octanol–water partition coefficient (Wildman–Crippen LogP) is 2.31. The van der Waals surface area contributed by atoms with Crippen LogP contribution in [0, 0.1) is 0 Å². The van der Waals surface area contributed by atoms with Gasteiger partial charge in [-0.05, 0) is 43.5 Å². The molecule has 118 valence electrons. The van der Waals surface area contributed by atoms with Gasteiger partial charge in [-0.15, -0.1) is 0 Å². The van der Waals surface area contributed by atoms with Gasteiger partial charge in [0.25, 0.3) is 5.91 Å². The second kappa shape index (κ2) is 5.97. The Balaban J connectivity index is 1.41. The lowest BCUT2D eigenvalue weighted by molar-refractivity contribution is -0.971. The van der Waals surface area contributed by atoms with Crippen LogP contribution in [0.1, 0.15) is 55.3 Å². The molecule has 1 aromatic carbocycles. The number of benzene rings is 1. The van der Waals surface area contributed by atoms with E-state index in [1.165, 1.54) is 44.9 Å². The van der Waals surface area contributed by atoms with E-state index >= 15 is 0 Å². The Kier molecular flexibility index (Phi) is 3.99. The third-order valence-electron chi connectivity index (χ3n) is 5.68. The van der Waals surface area contributed by atoms with Gasteiger partial charge in [0, 0.05) is 41.8 Å². The second-order valence-corrected chi connectivity index (χ2v) is 8.16. The topological polar surface area (TPSA) is 33.5 Å². The first-order valence-corrected chi connectivity index (χ1v) is 9.43. The smallest absolute Gasteiger partial charge is 0.251 e. The van der Waals surface area contributed by atoms with Gasteiger partial charge >= 0.3 is 0 Å². The predicted molar refractivity (Wildman–Crippen MR) is 90.0 cm³/mol. The van der Waals surface area contributed by atoms with Crippen LogP contribution in [0.3, 0.4) is 0 Å². The summed E-state index contributed by atoms with van der Waals surface area (Å²) in [5.41, 5.74) is 0.769. The highest BCUT2D eigenvalue weighted by Gasteiger charge is 2.48. The highest BCUT2D eigenvalue weighted by molar-refractivity contribution is 9.10. The van der Waals surface area contributed by atoms with Crippen LogP contribution in [0.5, 0.6) is 0 Å². The molecule has 2 aliphatic heterocycles. The van der Waals surface area contributed by atoms with E-state index in [0.717, 1.165) is 28.2 Å². The van der Waals surface area contributed by atoms with Crippen molar-refractivity contribution in [3.63, 3.8) is 0 Å². The van der Waals surface area contributed by atoms with E-state index in [4.69, 9.17) is 0 Å². The third kappa shape index (κ3) is 2.95. The molecule has 0 unspecified atom stereocenters. The molecule has 1 amide bonds. The van der Waals surface area contributed by atoms with Gasteiger partial charge in [-0.2, -0.15) is 0 Å². The van der Waals surface area contributed by atoms with Crippen molar-refractivity contribution in [2.24, 2.45) is 0 Å². The van der Waals surface area contributed by atoms with E-state index in [1.54, 1.807) is 0 Å². The minimum atomic E-state index is 0.0884. The van der Waals surface area contributed by atoms with E-state index < -0.39 is 0 Å². The minimum Gasteiger partial charge on any atom is -0.349 e. The van der Waals surface area contributed by atoms with Crippen LogP contribution in [-0.2, 0) is 0 Å². The molecule has 4 heteroatoms. The van der Waals surface area contributed by atoms with Crippen LogP contribution < -0.4 is 10.2 Å². The van der Waals surface area contributed by atoms with Gasteiger partial charge in [-0.3, -0.25) is 4.79 Å². The van der Waals surface area contributed by atoms with Crippen LogP contribution in [-0.4, -0.2) is 30.1 Å². The minimum absolute atomic E-state index is 0.0884. The fourth-order valence-corrected chi connectivity index (χ4v) is 4.90. The molecule has 2 N–H and O–H groups in total. The number of hydrogen-bond donors (Lipinski definition) is 2. The molecule has 4 rings (SSSR count). The zero-order chi connectivity index (χ0) is 15.1. The Morgan fingerprint density at radius 3 is 2.23 bits per heavy atom. The van der Waals surface area contributed by atoms with Crippen molar-refractivity contribution in [2.45, 2.75) is 69.1 Å². The van der Waals surface area contributed by atoms with Crippen molar-refractivity contribution in [1.29, 1.82) is 0 Å². The highest BCUT2D eigenvalue weighted by Crippen LogP contribution is 2.27. The van der Waals surface area contributed by atoms with Gasteiger partial charge in [0.15, 0.2) is 0 Å². The Hall–Kier alpha value is -0.870. The largest absolute Gasteiger partial charge is 0.349 e. The average Bonchev–Trinajstić information content (AvgIpc) is 3.31. The van der Waals surface area contributed by atoms with Crippen molar-refractivity contribution in [1.82, 2.24) is 5.32 Å². The van der Waals surface area contributed by atoms with E-state index in [-0.39, 0.29) is 5.91 Å². The van der Waals surface area contributed by atoms with Crippen LogP contribution >= 0.6 is 15.9 Å². The fraction of sp³-hybridized carbons (Fsp3) is 0.611. The van der Waals surface area contributed by atoms with Gasteiger partial charge < -0.3 is 10.2 Å². The summed E-state index contributed by atoms with van der Waals surface area (Å²) in [6.07, 6.45) is 9.30. The number of quaternary nitrogens is 1. The van der Waals surface area contributed by atoms with Crippen molar-refractivity contribution in [3.8, 4) is 0 Å². The Morgan fingerprint density at radius 1 is 1.00 bits per heavy atom. The molecule has 1 aromatic rings. The second-order valence-electron chi connectivity index (χ2n) is 7.25. The maximum absolute atomic E-state index is 12.4. The molecule has 3 aliphatic rings. The summed E-state index contributed by atoms with van der Waals surface area (Å²) in [7, 11) is 0. The number of carbonyl (C=O) groups excluding carboxylic acids is 1. The molecule has 2 bridgehead atoms. The molecule has 22 heavy (non-hydrogen) atoms. The molecule has 2 saturated heterocycles. The molecule has 1 aliphatic carbocycles. The number of hydrogen-bond acceptors (Lipinski definition) is 1. The SMILES string of the molecule is O=C(NC1C[C@H]2CCC[C@H](C1)[NH+]2C1CC1)c1ccc(Br)cc1. The number of amides is 1. The van der Waals surface area contributed by atoms with E-state index in [2.05, 4.69) is 21.2 Å². The Morgan fingerprint density at radius 2 is 1.64 bits per heavy atom. The standard InChI is InChI=1S/C18H23BrN2O/c19-13-6-4-12(5-7-13)18(22)20-14-10-16-2-1-3-17(11-14)21(16)15-8-9-15/h4-7,14-17H,1-3,8-11H2,(H,20,22)/p+1/t16-,17-/m1/s1. The van der Waals surface area contributed by atoms with Gasteiger partial charge in [-0.1, -0.05) is 15.9 Å². The summed E-state index contributed by atoms with van der Waals surface area (Å²) < 4.78 is 1.01. The summed E-state index contributed by atoms with van der Waals surface area (Å²) in [5, 5.41) is 3.30. The van der Waals surface area contributed by atoms with Crippen LogP contribution in [0.4, 0.5) is 0 Å². The number of halogens is 1. The maximum Gasteiger partial charge on any atom is 0.251 e. The fourth-order valence-electron chi connectivity index (χ4n) is 4.64. The quantitative estimate of drug-likeness (QED) is 0.848. The molecular formula is C18H24BrN2O+. The summed E-state index contributed by atoms with van der Waals surface area (Å²) in [4.78, 5) is 14.3. The molecule has 2 atom stereocenters. The number of fused-ring (bicyclic) bond motifs is 2. The zero-order valence-corrected chi connectivity index (χ0v) is 14.4. The van der Waals surface area contributed by atoms with E-state index in [1.807, 2.05) is 29.2 Å². The first-order chi connectivity index (χ1) is 10.7. The number of piperidine rings is 2. The van der Waals surface area contributed by atoms with Gasteiger partial charge in [-0.25, -0.2) is 0 Å². The summed E-state index contributed by atoms with van der Waals surface area (Å²) in [6, 6.07) is 10.5. The first kappa shape index (κ1) is 14.7. The molecule has 3 fully saturated rings. The van der Waals surface area contributed by atoms with Crippen molar-refractivity contribution in [3.05, 3.63) is 34.3 Å². The number of nitrogens with one attached hydrogen (secondary N) is 2. The summed E-state index contributed by atoms with van der Waals surface area (Å²) >= 11 is 3.42. The van der Waals surface area contributed by atoms with Crippen LogP contribution in [0.15, 0.2) is 28.7 Å². The van der Waals surface area contributed by atoms with Gasteiger partial charge in [0.1, 0.15) is 0 Å². The van der Waals surface area contributed by atoms with E-state index in [0.29, 0.717) is 6.04 Å². The van der Waals surface area contributed by atoms with Crippen molar-refractivity contribution < 1.29 is 9.69 Å². The lowest BCUT2D eigenvalue weighted by atomic mass is 9.81. The average molecular weight is 364 g/mol. The van der Waals surface area contributed by atoms with Crippen molar-refractivity contribution >= 4 is 21.8 Å². The maximum atomic E-state index is 12.4. The molecule has 1 saturated carbocycles. The van der Waals surface area contributed by atoms with Crippen molar-refractivity contribution in [2.75, 3.05) is 0 Å². The van der Waals surface area contributed by atoms with Crippen LogP contribution in [0.2, 0.25) is 0 Å². The monoisotopic (exact) mass is 363 g/mol.